The van der Waals surface area contributed by atoms with Crippen molar-refractivity contribution in [2.24, 2.45) is 14.1 Å². The molecule has 11 heteroatoms. The Morgan fingerprint density at radius 1 is 1.11 bits per heavy atom. The van der Waals surface area contributed by atoms with Gasteiger partial charge in [-0.2, -0.15) is 13.5 Å². The second kappa shape index (κ2) is 9.36. The van der Waals surface area contributed by atoms with Gasteiger partial charge in [-0.15, -0.1) is 0 Å². The molecule has 0 unspecified atom stereocenters. The van der Waals surface area contributed by atoms with Crippen molar-refractivity contribution in [2.75, 3.05) is 46.9 Å². The summed E-state index contributed by atoms with van der Waals surface area (Å²) in [5.41, 5.74) is 2.15. The number of rotatable bonds is 7. The lowest BCUT2D eigenvalue weighted by Gasteiger charge is -2.39. The molecule has 0 N–H and O–H groups in total. The maximum absolute atomic E-state index is 13.7. The minimum absolute atomic E-state index is 0.0546. The fraction of sp³-hybridized carbons (Fsp3) is 0.542. The van der Waals surface area contributed by atoms with E-state index >= 15 is 0 Å². The number of aryl methyl sites for hydroxylation is 2. The third-order valence-corrected chi connectivity index (χ3v) is 9.28. The molecule has 0 spiro atoms. The highest BCUT2D eigenvalue weighted by Gasteiger charge is 2.41. The van der Waals surface area contributed by atoms with Crippen LogP contribution in [0.3, 0.4) is 0 Å². The van der Waals surface area contributed by atoms with Gasteiger partial charge in [0.15, 0.2) is 5.52 Å². The first-order chi connectivity index (χ1) is 16.5. The van der Waals surface area contributed by atoms with Crippen molar-refractivity contribution < 1.29 is 17.0 Å². The van der Waals surface area contributed by atoms with Gasteiger partial charge in [-0.05, 0) is 32.5 Å². The second-order valence-electron chi connectivity index (χ2n) is 9.43. The van der Waals surface area contributed by atoms with Crippen molar-refractivity contribution in [3.8, 4) is 17.1 Å². The molecule has 10 nitrogen and oxygen atoms in total. The molecule has 3 aromatic rings. The summed E-state index contributed by atoms with van der Waals surface area (Å²) in [6.45, 7) is 6.69. The van der Waals surface area contributed by atoms with E-state index < -0.39 is 10.0 Å². The van der Waals surface area contributed by atoms with Crippen molar-refractivity contribution in [3.63, 3.8) is 0 Å². The molecular weight excluding hydrogens is 468 g/mol. The Bertz CT molecular complexity index is 1420. The summed E-state index contributed by atoms with van der Waals surface area (Å²) in [6.07, 6.45) is 1.58. The number of fused-ring (bicyclic) bond motifs is 1. The Hall–Kier alpha value is -2.76. The summed E-state index contributed by atoms with van der Waals surface area (Å²) in [7, 11) is 3.52. The fourth-order valence-corrected chi connectivity index (χ4v) is 6.26. The standard InChI is InChI=1S/C24H35N6O4S/c1-7-9-19-21-22(29(5)26-19)24(31)28(4)23(25-21)18-11-10-17(16-20(18)34-8-2)35(32,33)30(6)14-12-27(3)13-15-30/h10-11,16H,7-9,12-15H2,1-6H3/q+1. The number of nitrogens with zero attached hydrogens (tertiary/aromatic N) is 6. The number of piperazine rings is 1. The SMILES string of the molecule is CCCc1nn(C)c2c(=O)n(C)c(-c3ccc(S(=O)(=O)[N+]4(C)CCN(C)CC4)cc3OCC)nc12. The molecule has 1 aliphatic rings. The van der Waals surface area contributed by atoms with E-state index in [1.54, 1.807) is 44.0 Å². The number of benzene rings is 1. The smallest absolute Gasteiger partial charge is 0.327 e. The maximum atomic E-state index is 13.7. The summed E-state index contributed by atoms with van der Waals surface area (Å²) in [5.74, 6) is 0.803. The van der Waals surface area contributed by atoms with Crippen LogP contribution in [-0.4, -0.2) is 83.4 Å². The number of likely N-dealkylation sites (N-methyl/N-ethyl adjacent to an activating group) is 2. The molecule has 1 aliphatic heterocycles. The Balaban J connectivity index is 1.87. The molecule has 4 rings (SSSR count). The minimum Gasteiger partial charge on any atom is -0.493 e. The summed E-state index contributed by atoms with van der Waals surface area (Å²) < 4.78 is 36.2. The van der Waals surface area contributed by atoms with Crippen molar-refractivity contribution in [1.29, 1.82) is 0 Å². The zero-order chi connectivity index (χ0) is 25.5. The predicted molar refractivity (Wildman–Crippen MR) is 135 cm³/mol. The van der Waals surface area contributed by atoms with E-state index in [0.29, 0.717) is 67.4 Å². The molecule has 0 bridgehead atoms. The molecule has 35 heavy (non-hydrogen) atoms. The van der Waals surface area contributed by atoms with Crippen LogP contribution in [0.25, 0.3) is 22.4 Å². The first-order valence-corrected chi connectivity index (χ1v) is 13.5. The summed E-state index contributed by atoms with van der Waals surface area (Å²) >= 11 is 0. The summed E-state index contributed by atoms with van der Waals surface area (Å²) in [6, 6.07) is 4.87. The first-order valence-electron chi connectivity index (χ1n) is 12.0. The number of ether oxygens (including phenoxy) is 1. The number of hydrogen-bond acceptors (Lipinski definition) is 7. The Labute approximate surface area is 206 Å². The molecule has 1 aromatic carbocycles. The lowest BCUT2D eigenvalue weighted by atomic mass is 10.1. The molecule has 3 heterocycles. The predicted octanol–water partition coefficient (Wildman–Crippen LogP) is 1.77. The van der Waals surface area contributed by atoms with Crippen LogP contribution in [0, 0.1) is 0 Å². The van der Waals surface area contributed by atoms with Crippen LogP contribution in [-0.2, 0) is 30.5 Å². The van der Waals surface area contributed by atoms with Crippen molar-refractivity contribution in [2.45, 2.75) is 31.6 Å². The van der Waals surface area contributed by atoms with Crippen molar-refractivity contribution in [1.82, 2.24) is 24.2 Å². The number of sulfonamides is 1. The summed E-state index contributed by atoms with van der Waals surface area (Å²) in [5, 5.41) is 4.51. The molecule has 0 aliphatic carbocycles. The first kappa shape index (κ1) is 25.3. The van der Waals surface area contributed by atoms with Gasteiger partial charge in [0.2, 0.25) is 0 Å². The van der Waals surface area contributed by atoms with Gasteiger partial charge in [-0.25, -0.2) is 8.87 Å². The fourth-order valence-electron chi connectivity index (χ4n) is 4.61. The quantitative estimate of drug-likeness (QED) is 0.453. The molecule has 1 fully saturated rings. The molecule has 0 radical (unpaired) electrons. The van der Waals surface area contributed by atoms with Crippen molar-refractivity contribution >= 4 is 21.1 Å². The van der Waals surface area contributed by atoms with Crippen LogP contribution < -0.4 is 10.3 Å². The molecule has 190 valence electrons. The van der Waals surface area contributed by atoms with E-state index in [0.717, 1.165) is 12.1 Å². The van der Waals surface area contributed by atoms with E-state index in [2.05, 4.69) is 16.9 Å². The molecule has 1 saturated heterocycles. The van der Waals surface area contributed by atoms with Crippen LogP contribution >= 0.6 is 0 Å². The number of quaternary nitrogens is 1. The van der Waals surface area contributed by atoms with E-state index in [4.69, 9.17) is 9.72 Å². The van der Waals surface area contributed by atoms with Gasteiger partial charge in [0.1, 0.15) is 35.1 Å². The number of aromatic nitrogens is 4. The highest BCUT2D eigenvalue weighted by atomic mass is 32.2. The number of hydrogen-bond donors (Lipinski definition) is 0. The van der Waals surface area contributed by atoms with Crippen LogP contribution in [0.2, 0.25) is 0 Å². The van der Waals surface area contributed by atoms with Crippen molar-refractivity contribution in [3.05, 3.63) is 34.2 Å². The molecule has 0 saturated carbocycles. The highest BCUT2D eigenvalue weighted by Crippen LogP contribution is 2.34. The molecular formula is C24H35N6O4S+. The average Bonchev–Trinajstić information content (AvgIpc) is 3.13. The second-order valence-corrected chi connectivity index (χ2v) is 11.7. The van der Waals surface area contributed by atoms with Gasteiger partial charge in [-0.1, -0.05) is 13.3 Å². The maximum Gasteiger partial charge on any atom is 0.327 e. The Kier molecular flexibility index (Phi) is 6.78. The van der Waals surface area contributed by atoms with Gasteiger partial charge in [0.05, 0.1) is 24.9 Å². The highest BCUT2D eigenvalue weighted by molar-refractivity contribution is 7.86. The van der Waals surface area contributed by atoms with E-state index in [1.165, 1.54) is 4.57 Å². The lowest BCUT2D eigenvalue weighted by Crippen LogP contribution is -2.59. The third kappa shape index (κ3) is 4.25. The topological polar surface area (TPSA) is 99.3 Å². The van der Waals surface area contributed by atoms with E-state index in [-0.39, 0.29) is 14.3 Å². The van der Waals surface area contributed by atoms with Crippen LogP contribution in [0.4, 0.5) is 0 Å². The van der Waals surface area contributed by atoms with Gasteiger partial charge in [0, 0.05) is 33.3 Å². The normalized spacial score (nSPS) is 16.6. The van der Waals surface area contributed by atoms with Crippen LogP contribution in [0.5, 0.6) is 5.75 Å². The molecule has 0 amide bonds. The van der Waals surface area contributed by atoms with Gasteiger partial charge >= 0.3 is 10.0 Å². The monoisotopic (exact) mass is 503 g/mol. The zero-order valence-corrected chi connectivity index (χ0v) is 22.2. The molecule has 2 aromatic heterocycles. The van der Waals surface area contributed by atoms with Crippen LogP contribution in [0.15, 0.2) is 27.9 Å². The zero-order valence-electron chi connectivity index (χ0n) is 21.4. The average molecular weight is 504 g/mol. The molecule has 0 atom stereocenters. The minimum atomic E-state index is -3.66. The Morgan fingerprint density at radius 3 is 2.43 bits per heavy atom. The third-order valence-electron chi connectivity index (χ3n) is 6.90. The van der Waals surface area contributed by atoms with E-state index in [1.807, 2.05) is 14.0 Å². The largest absolute Gasteiger partial charge is 0.493 e. The summed E-state index contributed by atoms with van der Waals surface area (Å²) in [4.78, 5) is 20.4. The van der Waals surface area contributed by atoms with Gasteiger partial charge < -0.3 is 4.74 Å². The van der Waals surface area contributed by atoms with Crippen LogP contribution in [0.1, 0.15) is 26.0 Å². The van der Waals surface area contributed by atoms with E-state index in [9.17, 15) is 13.2 Å². The van der Waals surface area contributed by atoms with Gasteiger partial charge in [0.25, 0.3) is 5.56 Å². The Morgan fingerprint density at radius 2 is 1.80 bits per heavy atom. The lowest BCUT2D eigenvalue weighted by molar-refractivity contribution is -0.790. The van der Waals surface area contributed by atoms with Gasteiger partial charge in [-0.3, -0.25) is 18.9 Å².